The number of pyridine rings is 1. The van der Waals surface area contributed by atoms with Crippen LogP contribution in [-0.4, -0.2) is 37.4 Å². The van der Waals surface area contributed by atoms with Crippen LogP contribution in [0.4, 0.5) is 0 Å². The molecule has 4 rings (SSSR count). The first-order valence-electron chi connectivity index (χ1n) is 7.62. The van der Waals surface area contributed by atoms with Gasteiger partial charge in [-0.3, -0.25) is 14.6 Å². The summed E-state index contributed by atoms with van der Waals surface area (Å²) in [5, 5.41) is 9.98. The normalized spacial score (nSPS) is 13.6. The summed E-state index contributed by atoms with van der Waals surface area (Å²) in [5.41, 5.74) is 1.41. The highest BCUT2D eigenvalue weighted by atomic mass is 32.2. The van der Waals surface area contributed by atoms with Gasteiger partial charge >= 0.3 is 0 Å². The number of rotatable bonds is 3. The smallest absolute Gasteiger partial charge is 0.272 e. The Balaban J connectivity index is 1.74. The Kier molecular flexibility index (Phi) is 4.02. The van der Waals surface area contributed by atoms with Crippen molar-refractivity contribution >= 4 is 23.6 Å². The van der Waals surface area contributed by atoms with E-state index in [9.17, 15) is 9.59 Å². The number of hydrogen-bond acceptors (Lipinski definition) is 6. The minimum Gasteiger partial charge on any atom is -0.272 e. The zero-order valence-corrected chi connectivity index (χ0v) is 13.9. The third kappa shape index (κ3) is 2.91. The maximum absolute atomic E-state index is 12.9. The third-order valence-electron chi connectivity index (χ3n) is 3.76. The molecule has 0 saturated heterocycles. The summed E-state index contributed by atoms with van der Waals surface area (Å²) in [6.07, 6.45) is 3.52. The molecule has 2 aromatic heterocycles. The van der Waals surface area contributed by atoms with Crippen LogP contribution in [-0.2, 0) is 11.2 Å². The van der Waals surface area contributed by atoms with Gasteiger partial charge in [0.25, 0.3) is 11.8 Å². The van der Waals surface area contributed by atoms with Gasteiger partial charge < -0.3 is 0 Å². The van der Waals surface area contributed by atoms with Gasteiger partial charge in [0, 0.05) is 24.4 Å². The molecule has 3 heterocycles. The highest BCUT2D eigenvalue weighted by molar-refractivity contribution is 7.99. The predicted octanol–water partition coefficient (Wildman–Crippen LogP) is 1.67. The minimum atomic E-state index is -0.414. The number of benzene rings is 1. The molecule has 1 aromatic carbocycles. The number of amides is 2. The van der Waals surface area contributed by atoms with Gasteiger partial charge in [-0.1, -0.05) is 42.1 Å². The molecule has 0 atom stereocenters. The molecule has 8 heteroatoms. The van der Waals surface area contributed by atoms with E-state index >= 15 is 0 Å². The van der Waals surface area contributed by atoms with Crippen molar-refractivity contribution in [1.82, 2.24) is 19.9 Å². The van der Waals surface area contributed by atoms with E-state index in [1.165, 1.54) is 28.8 Å². The van der Waals surface area contributed by atoms with Crippen LogP contribution in [0.25, 0.3) is 0 Å². The summed E-state index contributed by atoms with van der Waals surface area (Å²) in [5.74, 6) is -0.0130. The monoisotopic (exact) mass is 351 g/mol. The second-order valence-electron chi connectivity index (χ2n) is 5.41. The van der Waals surface area contributed by atoms with E-state index in [1.807, 2.05) is 30.3 Å². The molecule has 1 aliphatic rings. The van der Waals surface area contributed by atoms with Crippen molar-refractivity contribution in [2.75, 3.05) is 10.8 Å². The summed E-state index contributed by atoms with van der Waals surface area (Å²) in [4.78, 5) is 29.2. The Bertz CT molecular complexity index is 927. The van der Waals surface area contributed by atoms with Crippen molar-refractivity contribution in [3.63, 3.8) is 0 Å². The average Bonchev–Trinajstić information content (AvgIpc) is 3.05. The highest BCUT2D eigenvalue weighted by Crippen LogP contribution is 2.25. The zero-order valence-electron chi connectivity index (χ0n) is 13.1. The van der Waals surface area contributed by atoms with E-state index in [2.05, 4.69) is 15.2 Å². The standard InChI is InChI=1S/C17H13N5O2S/c23-15-11-25-17-20-19-14(10-12-4-2-1-3-5-12)21(17)22(15)16(24)13-6-8-18-9-7-13/h1-9H,10-11H2. The van der Waals surface area contributed by atoms with Crippen LogP contribution in [0.5, 0.6) is 0 Å². The van der Waals surface area contributed by atoms with Crippen molar-refractivity contribution in [2.45, 2.75) is 11.6 Å². The number of carbonyl (C=O) groups excluding carboxylic acids is 2. The molecule has 0 unspecified atom stereocenters. The molecule has 0 spiro atoms. The maximum Gasteiger partial charge on any atom is 0.280 e. The Labute approximate surface area is 147 Å². The van der Waals surface area contributed by atoms with Crippen LogP contribution in [0.15, 0.2) is 60.0 Å². The van der Waals surface area contributed by atoms with Gasteiger partial charge in [-0.2, -0.15) is 5.01 Å². The summed E-state index contributed by atoms with van der Waals surface area (Å²) in [7, 11) is 0. The van der Waals surface area contributed by atoms with Crippen LogP contribution in [0.1, 0.15) is 21.7 Å². The highest BCUT2D eigenvalue weighted by Gasteiger charge is 2.34. The molecule has 0 saturated carbocycles. The van der Waals surface area contributed by atoms with Crippen LogP contribution in [0.3, 0.4) is 0 Å². The molecule has 3 aromatic rings. The first-order valence-corrected chi connectivity index (χ1v) is 8.61. The SMILES string of the molecule is O=C1CSc2nnc(Cc3ccccc3)n2N1C(=O)c1ccncc1. The Morgan fingerprint density at radius 1 is 1.08 bits per heavy atom. The molecule has 0 bridgehead atoms. The lowest BCUT2D eigenvalue weighted by Crippen LogP contribution is -2.49. The van der Waals surface area contributed by atoms with Gasteiger partial charge in [0.1, 0.15) is 0 Å². The first kappa shape index (κ1) is 15.5. The van der Waals surface area contributed by atoms with Gasteiger partial charge in [0.2, 0.25) is 5.16 Å². The minimum absolute atomic E-state index is 0.153. The number of imide groups is 1. The second kappa shape index (κ2) is 6.48. The van der Waals surface area contributed by atoms with E-state index in [0.29, 0.717) is 23.0 Å². The fraction of sp³-hybridized carbons (Fsp3) is 0.118. The number of hydrogen-bond donors (Lipinski definition) is 0. The molecule has 0 fully saturated rings. The maximum atomic E-state index is 12.9. The van der Waals surface area contributed by atoms with E-state index in [0.717, 1.165) is 10.6 Å². The van der Waals surface area contributed by atoms with Gasteiger partial charge in [0.15, 0.2) is 5.82 Å². The van der Waals surface area contributed by atoms with Crippen LogP contribution in [0, 0.1) is 0 Å². The molecule has 124 valence electrons. The Morgan fingerprint density at radius 3 is 2.60 bits per heavy atom. The van der Waals surface area contributed by atoms with Crippen LogP contribution in [0.2, 0.25) is 0 Å². The topological polar surface area (TPSA) is 81.0 Å². The Morgan fingerprint density at radius 2 is 1.84 bits per heavy atom. The third-order valence-corrected chi connectivity index (χ3v) is 4.67. The molecule has 25 heavy (non-hydrogen) atoms. The number of carbonyl (C=O) groups is 2. The van der Waals surface area contributed by atoms with Crippen molar-refractivity contribution in [1.29, 1.82) is 0 Å². The lowest BCUT2D eigenvalue weighted by atomic mass is 10.1. The molecular formula is C17H13N5O2S. The molecular weight excluding hydrogens is 338 g/mol. The molecule has 0 aliphatic carbocycles. The molecule has 0 radical (unpaired) electrons. The van der Waals surface area contributed by atoms with E-state index in [4.69, 9.17) is 0 Å². The van der Waals surface area contributed by atoms with Gasteiger partial charge in [0.05, 0.1) is 5.75 Å². The number of nitrogens with zero attached hydrogens (tertiary/aromatic N) is 5. The molecule has 1 aliphatic heterocycles. The summed E-state index contributed by atoms with van der Waals surface area (Å²) in [6, 6.07) is 12.9. The molecule has 7 nitrogen and oxygen atoms in total. The average molecular weight is 351 g/mol. The number of fused-ring (bicyclic) bond motifs is 1. The van der Waals surface area contributed by atoms with E-state index in [-0.39, 0.29) is 11.7 Å². The van der Waals surface area contributed by atoms with Crippen molar-refractivity contribution < 1.29 is 9.59 Å². The van der Waals surface area contributed by atoms with Crippen molar-refractivity contribution in [3.8, 4) is 0 Å². The fourth-order valence-electron chi connectivity index (χ4n) is 2.60. The number of thioether (sulfide) groups is 1. The molecule has 2 amide bonds. The second-order valence-corrected chi connectivity index (χ2v) is 6.35. The predicted molar refractivity (Wildman–Crippen MR) is 91.8 cm³/mol. The molecule has 0 N–H and O–H groups in total. The largest absolute Gasteiger partial charge is 0.280 e. The van der Waals surface area contributed by atoms with Gasteiger partial charge in [-0.15, -0.1) is 10.2 Å². The van der Waals surface area contributed by atoms with Crippen LogP contribution < -0.4 is 5.01 Å². The summed E-state index contributed by atoms with van der Waals surface area (Å²) < 4.78 is 1.52. The van der Waals surface area contributed by atoms with Gasteiger partial charge in [-0.05, 0) is 17.7 Å². The Hall–Kier alpha value is -3.00. The quantitative estimate of drug-likeness (QED) is 0.668. The fourth-order valence-corrected chi connectivity index (χ4v) is 3.38. The summed E-state index contributed by atoms with van der Waals surface area (Å²) >= 11 is 1.28. The summed E-state index contributed by atoms with van der Waals surface area (Å²) in [6.45, 7) is 0. The lowest BCUT2D eigenvalue weighted by molar-refractivity contribution is -0.117. The lowest BCUT2D eigenvalue weighted by Gasteiger charge is -2.27. The van der Waals surface area contributed by atoms with Gasteiger partial charge in [-0.25, -0.2) is 4.68 Å². The number of aromatic nitrogens is 4. The van der Waals surface area contributed by atoms with Crippen molar-refractivity contribution in [3.05, 3.63) is 71.8 Å². The van der Waals surface area contributed by atoms with Crippen LogP contribution >= 0.6 is 11.8 Å². The van der Waals surface area contributed by atoms with Crippen molar-refractivity contribution in [2.24, 2.45) is 0 Å². The zero-order chi connectivity index (χ0) is 17.2. The van der Waals surface area contributed by atoms with E-state index in [1.54, 1.807) is 12.1 Å². The first-order chi connectivity index (χ1) is 12.2. The van der Waals surface area contributed by atoms with E-state index < -0.39 is 5.91 Å².